The molecule has 11 heavy (non-hydrogen) atoms. The zero-order valence-electron chi connectivity index (χ0n) is 5.34. The van der Waals surface area contributed by atoms with E-state index in [1.54, 1.807) is 12.1 Å². The molecule has 0 aliphatic rings. The lowest BCUT2D eigenvalue weighted by Gasteiger charge is -1.99. The van der Waals surface area contributed by atoms with Gasteiger partial charge in [-0.05, 0) is 57.3 Å². The van der Waals surface area contributed by atoms with E-state index in [0.29, 0.717) is 12.7 Å². The largest absolute Gasteiger partial charge is 0.506 e. The van der Waals surface area contributed by atoms with E-state index in [0.717, 1.165) is 6.29 Å². The summed E-state index contributed by atoms with van der Waals surface area (Å²) in [4.78, 5) is 10.3. The summed E-state index contributed by atoms with van der Waals surface area (Å²) in [5.74, 6) is 0.247. The Kier molecular flexibility index (Phi) is 3.11. The first-order valence-electron chi connectivity index (χ1n) is 2.78. The molecule has 2 nitrogen and oxygen atoms in total. The zero-order chi connectivity index (χ0) is 8.43. The van der Waals surface area contributed by atoms with Crippen LogP contribution < -0.4 is 0 Å². The van der Waals surface area contributed by atoms with Crippen LogP contribution in [0.25, 0.3) is 0 Å². The third-order valence-electron chi connectivity index (χ3n) is 1.18. The molecule has 4 heteroatoms. The third kappa shape index (κ3) is 2.05. The lowest BCUT2D eigenvalue weighted by atomic mass is 11.0. The molecule has 0 spiro atoms. The van der Waals surface area contributed by atoms with Gasteiger partial charge in [-0.2, -0.15) is 0 Å². The van der Waals surface area contributed by atoms with Gasteiger partial charge in [0.1, 0.15) is 12.0 Å². The third-order valence-corrected chi connectivity index (χ3v) is 2.82. The van der Waals surface area contributed by atoms with E-state index in [1.165, 1.54) is 0 Å². The molecule has 0 fully saturated rings. The molecule has 0 saturated heterocycles. The number of rotatable bonds is 1. The normalized spacial score (nSPS) is 9.64. The summed E-state index contributed by atoms with van der Waals surface area (Å²) < 4.78 is 1.41. The molecular formula is C7H4I2O2. The number of phenolic OH excluding ortho intramolecular Hbond substituents is 1. The highest BCUT2D eigenvalue weighted by Crippen LogP contribution is 2.26. The van der Waals surface area contributed by atoms with Crippen molar-refractivity contribution in [3.05, 3.63) is 24.8 Å². The van der Waals surface area contributed by atoms with E-state index in [-0.39, 0.29) is 5.75 Å². The fourth-order valence-corrected chi connectivity index (χ4v) is 2.47. The zero-order valence-corrected chi connectivity index (χ0v) is 9.66. The first-order valence-corrected chi connectivity index (χ1v) is 4.94. The van der Waals surface area contributed by atoms with Crippen molar-refractivity contribution < 1.29 is 9.90 Å². The van der Waals surface area contributed by atoms with Crippen LogP contribution in [0.4, 0.5) is 0 Å². The molecule has 0 bridgehead atoms. The number of hydrogen-bond donors (Lipinski definition) is 1. The molecule has 1 rings (SSSR count). The molecule has 1 aromatic rings. The standard InChI is InChI=1S/C7H4I2O2/c8-5-1-4(3-10)2-6(9)7(5)11/h1-3,11H/i1+1,2+1,4+1,5+1,6+1,7+1. The summed E-state index contributed by atoms with van der Waals surface area (Å²) in [6, 6.07) is 3.29. The Labute approximate surface area is 91.3 Å². The van der Waals surface area contributed by atoms with Crippen molar-refractivity contribution in [2.45, 2.75) is 0 Å². The van der Waals surface area contributed by atoms with E-state index in [9.17, 15) is 9.90 Å². The van der Waals surface area contributed by atoms with Gasteiger partial charge in [0.15, 0.2) is 0 Å². The summed E-state index contributed by atoms with van der Waals surface area (Å²) in [7, 11) is 0. The van der Waals surface area contributed by atoms with Crippen LogP contribution in [0.15, 0.2) is 12.1 Å². The van der Waals surface area contributed by atoms with Crippen LogP contribution in [-0.4, -0.2) is 11.4 Å². The number of carbonyl (C=O) groups is 1. The van der Waals surface area contributed by atoms with Gasteiger partial charge in [0, 0.05) is 5.56 Å². The van der Waals surface area contributed by atoms with Crippen LogP contribution >= 0.6 is 45.2 Å². The van der Waals surface area contributed by atoms with E-state index in [1.807, 2.05) is 45.2 Å². The van der Waals surface area contributed by atoms with Crippen LogP contribution in [0, 0.1) is 7.14 Å². The number of aldehydes is 1. The van der Waals surface area contributed by atoms with Crippen molar-refractivity contribution in [1.29, 1.82) is 0 Å². The average Bonchev–Trinajstić information content (AvgIpc) is 1.99. The maximum absolute atomic E-state index is 10.3. The fraction of sp³-hybridized carbons (Fsp3) is 0. The monoisotopic (exact) mass is 380 g/mol. The van der Waals surface area contributed by atoms with Crippen molar-refractivity contribution in [2.75, 3.05) is 0 Å². The van der Waals surface area contributed by atoms with E-state index < -0.39 is 0 Å². The minimum absolute atomic E-state index is 0.247. The van der Waals surface area contributed by atoms with Crippen molar-refractivity contribution >= 4 is 51.5 Å². The minimum Gasteiger partial charge on any atom is -0.506 e. The second kappa shape index (κ2) is 3.70. The SMILES string of the molecule is O=C[13c]1[13cH][13c](I)[13c](O)[13c](I)[13cH]1. The number of aromatic hydroxyl groups is 1. The molecule has 0 aliphatic carbocycles. The number of halogens is 2. The number of carbonyl (C=O) groups excluding carboxylic acids is 1. The van der Waals surface area contributed by atoms with E-state index in [2.05, 4.69) is 0 Å². The number of hydrogen-bond acceptors (Lipinski definition) is 2. The van der Waals surface area contributed by atoms with Gasteiger partial charge in [0.25, 0.3) is 0 Å². The lowest BCUT2D eigenvalue weighted by molar-refractivity contribution is 0.112. The lowest BCUT2D eigenvalue weighted by Crippen LogP contribution is -1.85. The fourth-order valence-electron chi connectivity index (χ4n) is 0.653. The van der Waals surface area contributed by atoms with Crippen molar-refractivity contribution in [3.8, 4) is 5.75 Å². The van der Waals surface area contributed by atoms with Crippen LogP contribution in [0.5, 0.6) is 5.75 Å². The molecule has 0 radical (unpaired) electrons. The van der Waals surface area contributed by atoms with Crippen LogP contribution in [0.2, 0.25) is 0 Å². The molecule has 0 aliphatic heterocycles. The summed E-state index contributed by atoms with van der Waals surface area (Å²) in [5, 5.41) is 9.30. The second-order valence-electron chi connectivity index (χ2n) is 1.95. The maximum Gasteiger partial charge on any atom is 0.150 e. The molecular weight excluding hydrogens is 376 g/mol. The first-order chi connectivity index (χ1) is 5.15. The summed E-state index contributed by atoms with van der Waals surface area (Å²) in [6.07, 6.45) is 0.768. The van der Waals surface area contributed by atoms with Gasteiger partial charge < -0.3 is 5.11 Å². The smallest absolute Gasteiger partial charge is 0.150 e. The highest BCUT2D eigenvalue weighted by atomic mass is 127. The Hall–Kier alpha value is 0.150. The summed E-state index contributed by atoms with van der Waals surface area (Å²) in [6.45, 7) is 0. The van der Waals surface area contributed by atoms with Crippen molar-refractivity contribution in [3.63, 3.8) is 0 Å². The van der Waals surface area contributed by atoms with Crippen molar-refractivity contribution in [1.82, 2.24) is 0 Å². The van der Waals surface area contributed by atoms with Crippen LogP contribution in [-0.2, 0) is 0 Å². The minimum atomic E-state index is 0.247. The Bertz CT molecular complexity index is 273. The summed E-state index contributed by atoms with van der Waals surface area (Å²) in [5.41, 5.74) is 0.594. The Morgan fingerprint density at radius 1 is 1.27 bits per heavy atom. The van der Waals surface area contributed by atoms with Crippen molar-refractivity contribution in [2.24, 2.45) is 0 Å². The highest BCUT2D eigenvalue weighted by Gasteiger charge is 2.04. The molecule has 1 aromatic carbocycles. The van der Waals surface area contributed by atoms with Gasteiger partial charge in [-0.3, -0.25) is 4.79 Å². The number of phenols is 1. The molecule has 0 saturated carbocycles. The van der Waals surface area contributed by atoms with Gasteiger partial charge in [-0.1, -0.05) is 0 Å². The second-order valence-corrected chi connectivity index (χ2v) is 4.28. The van der Waals surface area contributed by atoms with E-state index in [4.69, 9.17) is 0 Å². The predicted octanol–water partition coefficient (Wildman–Crippen LogP) is 2.41. The van der Waals surface area contributed by atoms with Gasteiger partial charge >= 0.3 is 0 Å². The topological polar surface area (TPSA) is 37.3 Å². The maximum atomic E-state index is 10.3. The first kappa shape index (κ1) is 9.24. The molecule has 0 aromatic heterocycles. The Morgan fingerprint density at radius 2 is 1.73 bits per heavy atom. The number of benzene rings is 1. The molecule has 0 amide bonds. The molecule has 0 atom stereocenters. The van der Waals surface area contributed by atoms with Gasteiger partial charge in [0.2, 0.25) is 0 Å². The molecule has 58 valence electrons. The average molecular weight is 380 g/mol. The van der Waals surface area contributed by atoms with Crippen LogP contribution in [0.3, 0.4) is 0 Å². The van der Waals surface area contributed by atoms with Gasteiger partial charge in [-0.15, -0.1) is 0 Å². The van der Waals surface area contributed by atoms with E-state index >= 15 is 0 Å². The highest BCUT2D eigenvalue weighted by molar-refractivity contribution is 14.1. The molecule has 0 heterocycles. The van der Waals surface area contributed by atoms with Gasteiger partial charge in [-0.25, -0.2) is 0 Å². The molecule has 0 unspecified atom stereocenters. The van der Waals surface area contributed by atoms with Gasteiger partial charge in [0.05, 0.1) is 7.14 Å². The Balaban J connectivity index is 3.31. The predicted molar refractivity (Wildman–Crippen MR) is 58.9 cm³/mol. The summed E-state index contributed by atoms with van der Waals surface area (Å²) >= 11 is 3.97. The molecule has 1 N–H and O–H groups in total. The Morgan fingerprint density at radius 3 is 2.09 bits per heavy atom. The quantitative estimate of drug-likeness (QED) is 0.601. The van der Waals surface area contributed by atoms with Crippen LogP contribution in [0.1, 0.15) is 10.4 Å².